The molecule has 0 spiro atoms. The van der Waals surface area contributed by atoms with E-state index in [0.717, 1.165) is 12.1 Å². The smallest absolute Gasteiger partial charge is 0.269 e. The summed E-state index contributed by atoms with van der Waals surface area (Å²) < 4.78 is 0. The normalized spacial score (nSPS) is 25.1. The highest BCUT2D eigenvalue weighted by molar-refractivity contribution is 7.80. The summed E-state index contributed by atoms with van der Waals surface area (Å²) >= 11 is 5.34. The number of nitro benzene ring substituents is 1. The molecule has 0 aliphatic heterocycles. The number of anilines is 1. The van der Waals surface area contributed by atoms with Gasteiger partial charge in [0.05, 0.1) is 4.92 Å². The average molecular weight is 307 g/mol. The van der Waals surface area contributed by atoms with E-state index in [4.69, 9.17) is 12.2 Å². The number of benzene rings is 1. The fraction of sp³-hybridized carbons (Fsp3) is 0.533. The highest BCUT2D eigenvalue weighted by Gasteiger charge is 2.27. The zero-order valence-electron chi connectivity index (χ0n) is 12.3. The van der Waals surface area contributed by atoms with Gasteiger partial charge in [-0.25, -0.2) is 0 Å². The maximum absolute atomic E-state index is 10.6. The minimum atomic E-state index is -0.411. The van der Waals surface area contributed by atoms with Gasteiger partial charge in [0.1, 0.15) is 0 Å². The third kappa shape index (κ3) is 4.14. The molecule has 1 saturated carbocycles. The number of hydrogen-bond acceptors (Lipinski definition) is 3. The van der Waals surface area contributed by atoms with E-state index in [1.807, 2.05) is 0 Å². The molecule has 1 aliphatic rings. The molecule has 2 rings (SSSR count). The first-order valence-corrected chi connectivity index (χ1v) is 7.70. The first-order valence-electron chi connectivity index (χ1n) is 7.29. The van der Waals surface area contributed by atoms with Gasteiger partial charge >= 0.3 is 0 Å². The number of rotatable bonds is 3. The molecule has 0 heterocycles. The van der Waals surface area contributed by atoms with E-state index in [9.17, 15) is 10.1 Å². The topological polar surface area (TPSA) is 67.2 Å². The molecule has 1 aromatic carbocycles. The van der Waals surface area contributed by atoms with Crippen LogP contribution < -0.4 is 10.6 Å². The summed E-state index contributed by atoms with van der Waals surface area (Å²) in [6.07, 6.45) is 3.64. The molecule has 0 amide bonds. The molecule has 2 N–H and O–H groups in total. The molecule has 1 fully saturated rings. The van der Waals surface area contributed by atoms with Gasteiger partial charge in [-0.2, -0.15) is 0 Å². The van der Waals surface area contributed by atoms with Gasteiger partial charge in [-0.3, -0.25) is 10.1 Å². The van der Waals surface area contributed by atoms with E-state index in [1.165, 1.54) is 25.0 Å². The van der Waals surface area contributed by atoms with E-state index in [-0.39, 0.29) is 5.69 Å². The second-order valence-corrected chi connectivity index (χ2v) is 6.18. The zero-order chi connectivity index (χ0) is 15.4. The third-order valence-electron chi connectivity index (χ3n) is 4.36. The monoisotopic (exact) mass is 307 g/mol. The van der Waals surface area contributed by atoms with Gasteiger partial charge < -0.3 is 10.6 Å². The number of nitrogens with one attached hydrogen (secondary N) is 2. The molecule has 1 aromatic rings. The van der Waals surface area contributed by atoms with Crippen molar-refractivity contribution in [3.63, 3.8) is 0 Å². The molecule has 3 atom stereocenters. The highest BCUT2D eigenvalue weighted by Crippen LogP contribution is 2.29. The largest absolute Gasteiger partial charge is 0.359 e. The maximum atomic E-state index is 10.6. The van der Waals surface area contributed by atoms with Gasteiger partial charge in [-0.1, -0.05) is 26.7 Å². The van der Waals surface area contributed by atoms with Crippen LogP contribution in [0, 0.1) is 22.0 Å². The Balaban J connectivity index is 1.90. The average Bonchev–Trinajstić information content (AvgIpc) is 2.44. The van der Waals surface area contributed by atoms with Crippen LogP contribution in [0.5, 0.6) is 0 Å². The van der Waals surface area contributed by atoms with Crippen LogP contribution in [0.15, 0.2) is 24.3 Å². The quantitative estimate of drug-likeness (QED) is 0.506. The standard InChI is InChI=1S/C15H21N3O2S/c1-10-4-3-5-14(11(10)2)17-15(21)16-12-6-8-13(9-7-12)18(19)20/h6-11,14H,3-5H2,1-2H3,(H2,16,17,21)/t10-,11-,14+/m1/s1. The third-order valence-corrected chi connectivity index (χ3v) is 4.58. The fourth-order valence-corrected chi connectivity index (χ4v) is 3.06. The van der Waals surface area contributed by atoms with Crippen molar-refractivity contribution in [2.45, 2.75) is 39.2 Å². The lowest BCUT2D eigenvalue weighted by Gasteiger charge is -2.35. The molecule has 0 saturated heterocycles. The second kappa shape index (κ2) is 6.85. The van der Waals surface area contributed by atoms with Crippen molar-refractivity contribution in [2.24, 2.45) is 11.8 Å². The summed E-state index contributed by atoms with van der Waals surface area (Å²) in [6.45, 7) is 4.54. The molecular formula is C15H21N3O2S. The van der Waals surface area contributed by atoms with E-state index in [0.29, 0.717) is 23.0 Å². The van der Waals surface area contributed by atoms with Gasteiger partial charge in [-0.05, 0) is 42.6 Å². The first kappa shape index (κ1) is 15.7. The van der Waals surface area contributed by atoms with Crippen LogP contribution in [-0.2, 0) is 0 Å². The van der Waals surface area contributed by atoms with Crippen LogP contribution >= 0.6 is 12.2 Å². The Morgan fingerprint density at radius 3 is 2.57 bits per heavy atom. The Morgan fingerprint density at radius 2 is 1.95 bits per heavy atom. The van der Waals surface area contributed by atoms with Crippen LogP contribution in [0.25, 0.3) is 0 Å². The van der Waals surface area contributed by atoms with E-state index < -0.39 is 4.92 Å². The fourth-order valence-electron chi connectivity index (χ4n) is 2.79. The molecule has 21 heavy (non-hydrogen) atoms. The minimum absolute atomic E-state index is 0.0779. The maximum Gasteiger partial charge on any atom is 0.269 e. The summed E-state index contributed by atoms with van der Waals surface area (Å²) in [6, 6.07) is 6.66. The number of nitro groups is 1. The van der Waals surface area contributed by atoms with Crippen molar-refractivity contribution in [1.82, 2.24) is 5.32 Å². The SMILES string of the molecule is C[C@@H]1[C@H](C)CCC[C@@H]1NC(=S)Nc1ccc([N+](=O)[O-])cc1. The van der Waals surface area contributed by atoms with Crippen molar-refractivity contribution >= 4 is 28.7 Å². The Morgan fingerprint density at radius 1 is 1.29 bits per heavy atom. The van der Waals surface area contributed by atoms with Crippen LogP contribution in [-0.4, -0.2) is 16.1 Å². The van der Waals surface area contributed by atoms with Gasteiger partial charge in [0.2, 0.25) is 0 Å². The van der Waals surface area contributed by atoms with Crippen LogP contribution in [0.2, 0.25) is 0 Å². The molecule has 0 aromatic heterocycles. The molecule has 0 radical (unpaired) electrons. The number of thiocarbonyl (C=S) groups is 1. The first-order chi connectivity index (χ1) is 9.97. The number of hydrogen-bond donors (Lipinski definition) is 2. The number of nitrogens with zero attached hydrogens (tertiary/aromatic N) is 1. The van der Waals surface area contributed by atoms with Crippen molar-refractivity contribution in [3.8, 4) is 0 Å². The molecule has 0 unspecified atom stereocenters. The molecule has 0 bridgehead atoms. The van der Waals surface area contributed by atoms with Crippen molar-refractivity contribution in [2.75, 3.05) is 5.32 Å². The van der Waals surface area contributed by atoms with Crippen LogP contribution in [0.4, 0.5) is 11.4 Å². The van der Waals surface area contributed by atoms with E-state index in [1.54, 1.807) is 12.1 Å². The summed E-state index contributed by atoms with van der Waals surface area (Å²) in [5.74, 6) is 1.30. The summed E-state index contributed by atoms with van der Waals surface area (Å²) in [5, 5.41) is 17.6. The van der Waals surface area contributed by atoms with Crippen molar-refractivity contribution < 1.29 is 4.92 Å². The van der Waals surface area contributed by atoms with Gasteiger partial charge in [-0.15, -0.1) is 0 Å². The summed E-state index contributed by atoms with van der Waals surface area (Å²) in [4.78, 5) is 10.2. The van der Waals surface area contributed by atoms with Gasteiger partial charge in [0.15, 0.2) is 5.11 Å². The van der Waals surface area contributed by atoms with E-state index in [2.05, 4.69) is 24.5 Å². The lowest BCUT2D eigenvalue weighted by atomic mass is 9.78. The lowest BCUT2D eigenvalue weighted by Crippen LogP contribution is -2.45. The number of non-ortho nitro benzene ring substituents is 1. The zero-order valence-corrected chi connectivity index (χ0v) is 13.2. The Hall–Kier alpha value is -1.69. The molecule has 1 aliphatic carbocycles. The van der Waals surface area contributed by atoms with Crippen LogP contribution in [0.3, 0.4) is 0 Å². The Bertz CT molecular complexity index is 518. The minimum Gasteiger partial charge on any atom is -0.359 e. The second-order valence-electron chi connectivity index (χ2n) is 5.78. The molecular weight excluding hydrogens is 286 g/mol. The molecule has 5 nitrogen and oxygen atoms in total. The summed E-state index contributed by atoms with van der Waals surface area (Å²) in [5.41, 5.74) is 0.837. The lowest BCUT2D eigenvalue weighted by molar-refractivity contribution is -0.384. The predicted octanol–water partition coefficient (Wildman–Crippen LogP) is 3.71. The molecule has 114 valence electrons. The Kier molecular flexibility index (Phi) is 5.12. The van der Waals surface area contributed by atoms with Crippen molar-refractivity contribution in [3.05, 3.63) is 34.4 Å². The van der Waals surface area contributed by atoms with Crippen LogP contribution in [0.1, 0.15) is 33.1 Å². The van der Waals surface area contributed by atoms with Crippen molar-refractivity contribution in [1.29, 1.82) is 0 Å². The van der Waals surface area contributed by atoms with Gasteiger partial charge in [0, 0.05) is 23.9 Å². The van der Waals surface area contributed by atoms with E-state index >= 15 is 0 Å². The highest BCUT2D eigenvalue weighted by atomic mass is 32.1. The van der Waals surface area contributed by atoms with Gasteiger partial charge in [0.25, 0.3) is 5.69 Å². The molecule has 6 heteroatoms. The predicted molar refractivity (Wildman–Crippen MR) is 88.4 cm³/mol. The Labute approximate surface area is 130 Å². The summed E-state index contributed by atoms with van der Waals surface area (Å²) in [7, 11) is 0.